The highest BCUT2D eigenvalue weighted by Crippen LogP contribution is 2.31. The number of nitrogens with one attached hydrogen (secondary N) is 1. The van der Waals surface area contributed by atoms with Crippen LogP contribution in [-0.2, 0) is 4.74 Å². The van der Waals surface area contributed by atoms with Gasteiger partial charge in [-0.05, 0) is 12.1 Å². The first kappa shape index (κ1) is 19.3. The molecule has 2 aromatic rings. The second kappa shape index (κ2) is 8.40. The number of aromatic nitrogens is 2. The molecule has 1 N–H and O–H groups in total. The first-order valence-electron chi connectivity index (χ1n) is 7.60. The molecule has 0 aliphatic heterocycles. The Kier molecular flexibility index (Phi) is 6.50. The predicted octanol–water partition coefficient (Wildman–Crippen LogP) is 4.48. The summed E-state index contributed by atoms with van der Waals surface area (Å²) < 4.78 is 34.5. The molecule has 0 aliphatic carbocycles. The van der Waals surface area contributed by atoms with Crippen molar-refractivity contribution in [3.63, 3.8) is 0 Å². The van der Waals surface area contributed by atoms with E-state index in [1.807, 2.05) is 0 Å². The van der Waals surface area contributed by atoms with Gasteiger partial charge in [0.05, 0.1) is 12.3 Å². The monoisotopic (exact) mass is 371 g/mol. The Balaban J connectivity index is 2.29. The smallest absolute Gasteiger partial charge is 0.387 e. The summed E-state index contributed by atoms with van der Waals surface area (Å²) >= 11 is 6.00. The van der Waals surface area contributed by atoms with Gasteiger partial charge in [0.25, 0.3) is 0 Å². The van der Waals surface area contributed by atoms with Crippen LogP contribution in [0, 0.1) is 5.41 Å². The molecule has 2 heterocycles. The van der Waals surface area contributed by atoms with Gasteiger partial charge in [0.15, 0.2) is 0 Å². The zero-order valence-electron chi connectivity index (χ0n) is 14.2. The molecule has 25 heavy (non-hydrogen) atoms. The second-order valence-electron chi connectivity index (χ2n) is 6.26. The summed E-state index contributed by atoms with van der Waals surface area (Å²) in [5.74, 6) is 0.0283. The molecule has 0 aliphatic rings. The van der Waals surface area contributed by atoms with E-state index < -0.39 is 6.61 Å². The fraction of sp³-hybridized carbons (Fsp3) is 0.412. The largest absolute Gasteiger partial charge is 0.435 e. The van der Waals surface area contributed by atoms with Crippen LogP contribution >= 0.6 is 11.6 Å². The van der Waals surface area contributed by atoms with Crippen molar-refractivity contribution in [1.29, 1.82) is 0 Å². The van der Waals surface area contributed by atoms with Gasteiger partial charge >= 0.3 is 6.61 Å². The summed E-state index contributed by atoms with van der Waals surface area (Å²) in [5.41, 5.74) is 1.67. The normalized spacial score (nSPS) is 11.6. The Labute approximate surface area is 150 Å². The van der Waals surface area contributed by atoms with Gasteiger partial charge in [-0.15, -0.1) is 0 Å². The number of hydrogen-bond acceptors (Lipinski definition) is 5. The lowest BCUT2D eigenvalue weighted by atomic mass is 9.94. The van der Waals surface area contributed by atoms with Crippen molar-refractivity contribution in [1.82, 2.24) is 9.97 Å². The minimum absolute atomic E-state index is 0.0283. The van der Waals surface area contributed by atoms with Gasteiger partial charge < -0.3 is 14.8 Å². The highest BCUT2D eigenvalue weighted by atomic mass is 35.5. The van der Waals surface area contributed by atoms with Gasteiger partial charge in [-0.2, -0.15) is 8.78 Å². The van der Waals surface area contributed by atoms with Crippen LogP contribution in [0.2, 0.25) is 5.15 Å². The maximum atomic E-state index is 12.4. The number of pyridine rings is 2. The van der Waals surface area contributed by atoms with Crippen molar-refractivity contribution in [3.8, 4) is 17.0 Å². The number of hydrogen-bond donors (Lipinski definition) is 1. The lowest BCUT2D eigenvalue weighted by molar-refractivity contribution is -0.0498. The molecular weight excluding hydrogens is 352 g/mol. The van der Waals surface area contributed by atoms with Gasteiger partial charge in [0.2, 0.25) is 0 Å². The molecule has 0 saturated heterocycles. The summed E-state index contributed by atoms with van der Waals surface area (Å²) in [6.45, 7) is 2.40. The molecule has 0 amide bonds. The number of methoxy groups -OCH3 is 1. The predicted molar refractivity (Wildman–Crippen MR) is 93.3 cm³/mol. The van der Waals surface area contributed by atoms with Crippen molar-refractivity contribution in [3.05, 3.63) is 35.7 Å². The lowest BCUT2D eigenvalue weighted by Crippen LogP contribution is -2.28. The van der Waals surface area contributed by atoms with Crippen LogP contribution < -0.4 is 10.1 Å². The Bertz CT molecular complexity index is 714. The third-order valence-electron chi connectivity index (χ3n) is 3.40. The Hall–Kier alpha value is -1.99. The minimum Gasteiger partial charge on any atom is -0.435 e. The average molecular weight is 372 g/mol. The topological polar surface area (TPSA) is 56.3 Å². The van der Waals surface area contributed by atoms with Crippen molar-refractivity contribution in [2.24, 2.45) is 5.41 Å². The van der Waals surface area contributed by atoms with E-state index in [9.17, 15) is 8.78 Å². The molecular formula is C17H20ClF2N3O2. The third kappa shape index (κ3) is 5.79. The van der Waals surface area contributed by atoms with Crippen LogP contribution in [0.4, 0.5) is 14.5 Å². The molecule has 8 heteroatoms. The maximum Gasteiger partial charge on any atom is 0.387 e. The van der Waals surface area contributed by atoms with Crippen molar-refractivity contribution < 1.29 is 18.3 Å². The average Bonchev–Trinajstić information content (AvgIpc) is 2.53. The molecule has 0 spiro atoms. The number of halogens is 3. The molecule has 0 saturated carbocycles. The van der Waals surface area contributed by atoms with E-state index in [0.29, 0.717) is 35.2 Å². The summed E-state index contributed by atoms with van der Waals surface area (Å²) in [5, 5.41) is 3.62. The fourth-order valence-corrected chi connectivity index (χ4v) is 2.45. The van der Waals surface area contributed by atoms with Gasteiger partial charge in [-0.25, -0.2) is 4.98 Å². The molecule has 0 bridgehead atoms. The van der Waals surface area contributed by atoms with Gasteiger partial charge in [-0.1, -0.05) is 25.4 Å². The van der Waals surface area contributed by atoms with Crippen molar-refractivity contribution in [2.75, 3.05) is 25.6 Å². The van der Waals surface area contributed by atoms with E-state index in [1.165, 1.54) is 18.3 Å². The van der Waals surface area contributed by atoms with Crippen LogP contribution in [0.25, 0.3) is 11.3 Å². The van der Waals surface area contributed by atoms with Crippen LogP contribution in [0.5, 0.6) is 5.75 Å². The highest BCUT2D eigenvalue weighted by molar-refractivity contribution is 6.29. The number of rotatable bonds is 8. The lowest BCUT2D eigenvalue weighted by Gasteiger charge is -2.25. The maximum absolute atomic E-state index is 12.4. The number of ether oxygens (including phenoxy) is 2. The molecule has 0 fully saturated rings. The van der Waals surface area contributed by atoms with Gasteiger partial charge in [0, 0.05) is 48.8 Å². The first-order valence-corrected chi connectivity index (χ1v) is 7.98. The number of anilines is 1. The molecule has 2 aromatic heterocycles. The minimum atomic E-state index is -2.90. The molecule has 0 unspecified atom stereocenters. The Morgan fingerprint density at radius 2 is 2.04 bits per heavy atom. The molecule has 0 radical (unpaired) electrons. The van der Waals surface area contributed by atoms with Gasteiger partial charge in [-0.3, -0.25) is 4.98 Å². The molecule has 2 rings (SSSR count). The van der Waals surface area contributed by atoms with Crippen LogP contribution in [-0.4, -0.2) is 36.8 Å². The Morgan fingerprint density at radius 3 is 2.72 bits per heavy atom. The standard InChI is InChI=1S/C17H20ClF2N3O2/c1-17(2,10-24-3)9-23-14-7-15(18)22-8-12(14)13-6-11(4-5-21-13)25-16(19)20/h4-8,16H,9-10H2,1-3H3,(H,22,23). The summed E-state index contributed by atoms with van der Waals surface area (Å²) in [7, 11) is 1.65. The van der Waals surface area contributed by atoms with E-state index in [1.54, 1.807) is 19.4 Å². The third-order valence-corrected chi connectivity index (χ3v) is 3.60. The number of alkyl halides is 2. The molecule has 0 aromatic carbocycles. The highest BCUT2D eigenvalue weighted by Gasteiger charge is 2.19. The van der Waals surface area contributed by atoms with E-state index in [-0.39, 0.29) is 11.2 Å². The molecule has 136 valence electrons. The summed E-state index contributed by atoms with van der Waals surface area (Å²) in [6, 6.07) is 4.47. The number of nitrogens with zero attached hydrogens (tertiary/aromatic N) is 2. The molecule has 0 atom stereocenters. The van der Waals surface area contributed by atoms with Crippen LogP contribution in [0.15, 0.2) is 30.6 Å². The van der Waals surface area contributed by atoms with E-state index >= 15 is 0 Å². The van der Waals surface area contributed by atoms with Gasteiger partial charge in [0.1, 0.15) is 10.9 Å². The Morgan fingerprint density at radius 1 is 1.28 bits per heavy atom. The van der Waals surface area contributed by atoms with Crippen LogP contribution in [0.1, 0.15) is 13.8 Å². The van der Waals surface area contributed by atoms with Crippen molar-refractivity contribution >= 4 is 17.3 Å². The van der Waals surface area contributed by atoms with Crippen LogP contribution in [0.3, 0.4) is 0 Å². The molecule has 5 nitrogen and oxygen atoms in total. The quantitative estimate of drug-likeness (QED) is 0.693. The second-order valence-corrected chi connectivity index (χ2v) is 6.65. The first-order chi connectivity index (χ1) is 11.8. The van der Waals surface area contributed by atoms with Crippen molar-refractivity contribution in [2.45, 2.75) is 20.5 Å². The van der Waals surface area contributed by atoms with E-state index in [0.717, 1.165) is 0 Å². The zero-order chi connectivity index (χ0) is 18.4. The van der Waals surface area contributed by atoms with E-state index in [2.05, 4.69) is 33.9 Å². The summed E-state index contributed by atoms with van der Waals surface area (Å²) in [4.78, 5) is 8.27. The summed E-state index contributed by atoms with van der Waals surface area (Å²) in [6.07, 6.45) is 2.95. The SMILES string of the molecule is COCC(C)(C)CNc1cc(Cl)ncc1-c1cc(OC(F)F)ccn1. The fourth-order valence-electron chi connectivity index (χ4n) is 2.29. The van der Waals surface area contributed by atoms with E-state index in [4.69, 9.17) is 16.3 Å². The zero-order valence-corrected chi connectivity index (χ0v) is 15.0.